The first kappa shape index (κ1) is 16.4. The van der Waals surface area contributed by atoms with E-state index < -0.39 is 6.09 Å². The molecular formula is C8H20N6O2. The molecule has 0 atom stereocenters. The van der Waals surface area contributed by atoms with Gasteiger partial charge < -0.3 is 21.5 Å². The average Bonchev–Trinajstić information content (AvgIpc) is 2.14. The number of carbonyl (C=O) groups excluding carboxylic acids is 1. The molecule has 0 heterocycles. The minimum absolute atomic E-state index is 0.0781. The molecule has 0 aliphatic rings. The summed E-state index contributed by atoms with van der Waals surface area (Å²) in [6, 6.07) is 0. The third kappa shape index (κ3) is 17.9. The summed E-state index contributed by atoms with van der Waals surface area (Å²) >= 11 is 0. The molecule has 0 saturated heterocycles. The quantitative estimate of drug-likeness (QED) is 0.286. The number of primary amides is 1. The van der Waals surface area contributed by atoms with Crippen molar-refractivity contribution in [3.63, 3.8) is 0 Å². The maximum absolute atomic E-state index is 9.60. The van der Waals surface area contributed by atoms with E-state index in [1.165, 1.54) is 0 Å². The third-order valence-electron chi connectivity index (χ3n) is 1.10. The Kier molecular flexibility index (Phi) is 11.4. The number of hydrogen-bond acceptors (Lipinski definition) is 4. The van der Waals surface area contributed by atoms with Crippen LogP contribution in [0.5, 0.6) is 0 Å². The highest BCUT2D eigenvalue weighted by Gasteiger charge is 1.92. The van der Waals surface area contributed by atoms with Crippen LogP contribution in [0.2, 0.25) is 0 Å². The topological polar surface area (TPSA) is 150 Å². The van der Waals surface area contributed by atoms with Gasteiger partial charge in [-0.1, -0.05) is 6.92 Å². The molecule has 0 saturated carbocycles. The minimum Gasteiger partial charge on any atom is -0.450 e. The first-order valence-electron chi connectivity index (χ1n) is 4.79. The van der Waals surface area contributed by atoms with Crippen LogP contribution in [0.1, 0.15) is 20.3 Å². The summed E-state index contributed by atoms with van der Waals surface area (Å²) in [6.07, 6.45) is 0.236. The Balaban J connectivity index is 0. The Morgan fingerprint density at radius 3 is 2.12 bits per heavy atom. The Labute approximate surface area is 94.7 Å². The van der Waals surface area contributed by atoms with Gasteiger partial charge in [0.25, 0.3) is 0 Å². The minimum atomic E-state index is -0.711. The van der Waals surface area contributed by atoms with E-state index >= 15 is 0 Å². The van der Waals surface area contributed by atoms with Crippen LogP contribution in [0.4, 0.5) is 4.79 Å². The molecule has 0 fully saturated rings. The molecule has 0 aromatic carbocycles. The molecule has 0 aromatic heterocycles. The van der Waals surface area contributed by atoms with Crippen molar-refractivity contribution in [3.8, 4) is 0 Å². The van der Waals surface area contributed by atoms with Gasteiger partial charge in [0.1, 0.15) is 0 Å². The van der Waals surface area contributed by atoms with Gasteiger partial charge in [-0.3, -0.25) is 16.1 Å². The number of carbonyl (C=O) groups is 1. The lowest BCUT2D eigenvalue weighted by Crippen LogP contribution is -2.43. The summed E-state index contributed by atoms with van der Waals surface area (Å²) in [5.41, 5.74) is 9.50. The molecular weight excluding hydrogens is 212 g/mol. The van der Waals surface area contributed by atoms with Crippen LogP contribution in [0.15, 0.2) is 0 Å². The maximum Gasteiger partial charge on any atom is 0.404 e. The largest absolute Gasteiger partial charge is 0.450 e. The van der Waals surface area contributed by atoms with Crippen LogP contribution in [0.3, 0.4) is 0 Å². The zero-order valence-electron chi connectivity index (χ0n) is 9.59. The second kappa shape index (κ2) is 11.1. The lowest BCUT2D eigenvalue weighted by molar-refractivity contribution is 0.163. The maximum atomic E-state index is 9.60. The number of rotatable bonds is 3. The van der Waals surface area contributed by atoms with Crippen LogP contribution < -0.4 is 22.1 Å². The van der Waals surface area contributed by atoms with E-state index in [9.17, 15) is 4.79 Å². The molecule has 0 rings (SSSR count). The number of guanidine groups is 2. The van der Waals surface area contributed by atoms with Crippen molar-refractivity contribution in [2.75, 3.05) is 13.2 Å². The van der Waals surface area contributed by atoms with Crippen LogP contribution in [-0.4, -0.2) is 31.2 Å². The van der Waals surface area contributed by atoms with Crippen molar-refractivity contribution in [3.05, 3.63) is 0 Å². The molecule has 0 bridgehead atoms. The van der Waals surface area contributed by atoms with E-state index in [0.29, 0.717) is 6.61 Å². The number of ether oxygens (including phenoxy) is 1. The average molecular weight is 232 g/mol. The highest BCUT2D eigenvalue weighted by Crippen LogP contribution is 1.68. The lowest BCUT2D eigenvalue weighted by Gasteiger charge is -2.06. The predicted molar refractivity (Wildman–Crippen MR) is 62.3 cm³/mol. The zero-order valence-corrected chi connectivity index (χ0v) is 9.59. The molecule has 0 aliphatic heterocycles. The van der Waals surface area contributed by atoms with E-state index in [4.69, 9.17) is 16.6 Å². The molecule has 0 spiro atoms. The van der Waals surface area contributed by atoms with Gasteiger partial charge in [0, 0.05) is 6.54 Å². The van der Waals surface area contributed by atoms with Crippen molar-refractivity contribution >= 4 is 18.0 Å². The highest BCUT2D eigenvalue weighted by molar-refractivity contribution is 5.94. The Hall–Kier alpha value is -1.99. The van der Waals surface area contributed by atoms with Gasteiger partial charge in [-0.05, 0) is 13.3 Å². The monoisotopic (exact) mass is 232 g/mol. The van der Waals surface area contributed by atoms with E-state index in [1.54, 1.807) is 6.92 Å². The van der Waals surface area contributed by atoms with Gasteiger partial charge in [0.15, 0.2) is 11.9 Å². The SMILES string of the molecule is CCCNC(=N)NC(=N)N.CCOC(N)=O. The van der Waals surface area contributed by atoms with Crippen LogP contribution in [0.25, 0.3) is 0 Å². The summed E-state index contributed by atoms with van der Waals surface area (Å²) in [5, 5.41) is 18.9. The molecule has 0 unspecified atom stereocenters. The number of nitrogens with one attached hydrogen (secondary N) is 4. The molecule has 8 nitrogen and oxygen atoms in total. The smallest absolute Gasteiger partial charge is 0.404 e. The number of amides is 1. The Morgan fingerprint density at radius 1 is 1.31 bits per heavy atom. The number of nitrogens with two attached hydrogens (primary N) is 2. The van der Waals surface area contributed by atoms with Crippen molar-refractivity contribution < 1.29 is 9.53 Å². The molecule has 8 N–H and O–H groups in total. The summed E-state index contributed by atoms with van der Waals surface area (Å²) in [7, 11) is 0. The second-order valence-electron chi connectivity index (χ2n) is 2.59. The molecule has 1 amide bonds. The van der Waals surface area contributed by atoms with Gasteiger partial charge in [-0.15, -0.1) is 0 Å². The number of hydrogen-bond donors (Lipinski definition) is 6. The van der Waals surface area contributed by atoms with Gasteiger partial charge in [0.2, 0.25) is 0 Å². The van der Waals surface area contributed by atoms with Crippen LogP contribution >= 0.6 is 0 Å². The van der Waals surface area contributed by atoms with E-state index in [0.717, 1.165) is 13.0 Å². The van der Waals surface area contributed by atoms with Gasteiger partial charge in [-0.2, -0.15) is 0 Å². The van der Waals surface area contributed by atoms with E-state index in [2.05, 4.69) is 21.1 Å². The van der Waals surface area contributed by atoms with E-state index in [1.807, 2.05) is 6.92 Å². The van der Waals surface area contributed by atoms with Gasteiger partial charge in [-0.25, -0.2) is 4.79 Å². The van der Waals surface area contributed by atoms with Crippen molar-refractivity contribution in [2.45, 2.75) is 20.3 Å². The second-order valence-corrected chi connectivity index (χ2v) is 2.59. The van der Waals surface area contributed by atoms with Crippen molar-refractivity contribution in [1.82, 2.24) is 10.6 Å². The molecule has 16 heavy (non-hydrogen) atoms. The van der Waals surface area contributed by atoms with Gasteiger partial charge in [0.05, 0.1) is 6.61 Å². The van der Waals surface area contributed by atoms with E-state index in [-0.39, 0.29) is 11.9 Å². The summed E-state index contributed by atoms with van der Waals surface area (Å²) in [5.74, 6) is -0.136. The summed E-state index contributed by atoms with van der Waals surface area (Å²) in [4.78, 5) is 9.60. The fraction of sp³-hybridized carbons (Fsp3) is 0.625. The Morgan fingerprint density at radius 2 is 1.88 bits per heavy atom. The molecule has 0 radical (unpaired) electrons. The van der Waals surface area contributed by atoms with Crippen LogP contribution in [0, 0.1) is 10.8 Å². The highest BCUT2D eigenvalue weighted by atomic mass is 16.5. The third-order valence-corrected chi connectivity index (χ3v) is 1.10. The normalized spacial score (nSPS) is 8.12. The predicted octanol–water partition coefficient (Wildman–Crippen LogP) is -0.495. The molecule has 8 heteroatoms. The molecule has 0 aromatic rings. The molecule has 94 valence electrons. The lowest BCUT2D eigenvalue weighted by atomic mass is 10.5. The first-order chi connectivity index (χ1) is 7.43. The fourth-order valence-electron chi connectivity index (χ4n) is 0.571. The first-order valence-corrected chi connectivity index (χ1v) is 4.79. The Bertz CT molecular complexity index is 231. The van der Waals surface area contributed by atoms with Gasteiger partial charge >= 0.3 is 6.09 Å². The fourth-order valence-corrected chi connectivity index (χ4v) is 0.571. The summed E-state index contributed by atoms with van der Waals surface area (Å²) < 4.78 is 4.18. The molecule has 0 aliphatic carbocycles. The van der Waals surface area contributed by atoms with Crippen LogP contribution in [-0.2, 0) is 4.74 Å². The summed E-state index contributed by atoms with van der Waals surface area (Å²) in [6.45, 7) is 4.77. The van der Waals surface area contributed by atoms with Crippen molar-refractivity contribution in [1.29, 1.82) is 10.8 Å². The standard InChI is InChI=1S/C5H13N5.C3H7NO2/c1-2-3-9-5(8)10-4(6)7;1-2-6-3(4)5/h2-3H2,1H3,(H6,6,7,8,9,10);2H2,1H3,(H2,4,5). The zero-order chi connectivity index (χ0) is 13.0. The van der Waals surface area contributed by atoms with Crippen molar-refractivity contribution in [2.24, 2.45) is 11.5 Å².